The van der Waals surface area contributed by atoms with Crippen molar-refractivity contribution in [2.24, 2.45) is 0 Å². The number of nitrogens with one attached hydrogen (secondary N) is 1. The Morgan fingerprint density at radius 1 is 1.40 bits per heavy atom. The summed E-state index contributed by atoms with van der Waals surface area (Å²) in [5, 5.41) is 12.0. The fourth-order valence-electron chi connectivity index (χ4n) is 1.83. The second-order valence-electron chi connectivity index (χ2n) is 4.21. The van der Waals surface area contributed by atoms with Crippen LogP contribution in [0.3, 0.4) is 0 Å². The summed E-state index contributed by atoms with van der Waals surface area (Å²) in [6, 6.07) is 11.5. The molecular weight excluding hydrogens is 318 g/mol. The smallest absolute Gasteiger partial charge is 0.140 e. The highest BCUT2D eigenvalue weighted by molar-refractivity contribution is 9.10. The molecule has 0 atom stereocenters. The molecule has 0 aliphatic carbocycles. The van der Waals surface area contributed by atoms with E-state index in [-0.39, 0.29) is 0 Å². The first-order valence-corrected chi connectivity index (χ1v) is 6.93. The maximum absolute atomic E-state index is 8.84. The first-order chi connectivity index (χ1) is 9.74. The summed E-state index contributed by atoms with van der Waals surface area (Å²) in [6.07, 6.45) is 1.62. The molecule has 0 bridgehead atoms. The molecule has 0 saturated heterocycles. The Balaban J connectivity index is 2.16. The van der Waals surface area contributed by atoms with Crippen molar-refractivity contribution in [3.05, 3.63) is 57.8 Å². The Bertz CT molecular complexity index is 637. The predicted molar refractivity (Wildman–Crippen MR) is 80.2 cm³/mol. The Morgan fingerprint density at radius 2 is 2.25 bits per heavy atom. The number of hydrogen-bond donors (Lipinski definition) is 1. The number of nitriles is 1. The maximum Gasteiger partial charge on any atom is 0.140 e. The zero-order valence-electron chi connectivity index (χ0n) is 11.1. The Labute approximate surface area is 126 Å². The highest BCUT2D eigenvalue weighted by atomic mass is 79.9. The topological polar surface area (TPSA) is 57.9 Å². The number of hydrogen-bond acceptors (Lipinski definition) is 4. The lowest BCUT2D eigenvalue weighted by molar-refractivity contribution is 0.300. The van der Waals surface area contributed by atoms with Crippen LogP contribution in [-0.4, -0.2) is 12.0 Å². The first kappa shape index (κ1) is 14.5. The minimum absolute atomic E-state index is 0.397. The van der Waals surface area contributed by atoms with Gasteiger partial charge in [0.2, 0.25) is 0 Å². The molecule has 0 radical (unpaired) electrons. The third-order valence-corrected chi connectivity index (χ3v) is 3.36. The van der Waals surface area contributed by atoms with E-state index in [4.69, 9.17) is 10.00 Å². The van der Waals surface area contributed by atoms with Crippen molar-refractivity contribution in [2.75, 3.05) is 7.05 Å². The van der Waals surface area contributed by atoms with Crippen LogP contribution in [0.25, 0.3) is 0 Å². The van der Waals surface area contributed by atoms with Gasteiger partial charge in [-0.1, -0.05) is 12.1 Å². The van der Waals surface area contributed by atoms with E-state index in [2.05, 4.69) is 26.2 Å². The lowest BCUT2D eigenvalue weighted by atomic mass is 10.2. The summed E-state index contributed by atoms with van der Waals surface area (Å²) in [4.78, 5) is 3.94. The van der Waals surface area contributed by atoms with Crippen LogP contribution in [0.1, 0.15) is 16.8 Å². The largest absolute Gasteiger partial charge is 0.487 e. The Kier molecular flexibility index (Phi) is 5.10. The molecule has 0 aliphatic heterocycles. The van der Waals surface area contributed by atoms with E-state index in [1.165, 1.54) is 0 Å². The van der Waals surface area contributed by atoms with Gasteiger partial charge in [-0.2, -0.15) is 5.26 Å². The number of para-hydroxylation sites is 1. The highest BCUT2D eigenvalue weighted by Crippen LogP contribution is 2.29. The molecule has 2 aromatic rings. The predicted octanol–water partition coefficient (Wildman–Crippen LogP) is 3.01. The fraction of sp³-hybridized carbons (Fsp3) is 0.200. The number of halogens is 1. The summed E-state index contributed by atoms with van der Waals surface area (Å²) in [6.45, 7) is 1.13. The summed E-state index contributed by atoms with van der Waals surface area (Å²) in [5.41, 5.74) is 2.40. The van der Waals surface area contributed by atoms with E-state index in [1.807, 2.05) is 37.4 Å². The van der Waals surface area contributed by atoms with Crippen LogP contribution < -0.4 is 10.1 Å². The van der Waals surface area contributed by atoms with E-state index >= 15 is 0 Å². The number of rotatable bonds is 5. The van der Waals surface area contributed by atoms with E-state index in [1.54, 1.807) is 12.3 Å². The Morgan fingerprint density at radius 3 is 3.00 bits per heavy atom. The minimum atomic E-state index is 0.397. The molecule has 0 fully saturated rings. The molecule has 0 unspecified atom stereocenters. The van der Waals surface area contributed by atoms with Gasteiger partial charge in [0.1, 0.15) is 24.1 Å². The zero-order chi connectivity index (χ0) is 14.4. The van der Waals surface area contributed by atoms with Gasteiger partial charge in [0.25, 0.3) is 0 Å². The van der Waals surface area contributed by atoms with E-state index in [9.17, 15) is 0 Å². The van der Waals surface area contributed by atoms with E-state index in [0.717, 1.165) is 27.9 Å². The molecule has 1 N–H and O–H groups in total. The fourth-order valence-corrected chi connectivity index (χ4v) is 2.35. The molecule has 5 heteroatoms. The average Bonchev–Trinajstić information content (AvgIpc) is 2.47. The van der Waals surface area contributed by atoms with Gasteiger partial charge in [-0.05, 0) is 46.7 Å². The lowest BCUT2D eigenvalue weighted by Gasteiger charge is -2.13. The summed E-state index contributed by atoms with van der Waals surface area (Å²) in [7, 11) is 1.90. The lowest BCUT2D eigenvalue weighted by Crippen LogP contribution is -2.08. The molecular formula is C15H14BrN3O. The summed E-state index contributed by atoms with van der Waals surface area (Å²) in [5.74, 6) is 0.817. The van der Waals surface area contributed by atoms with Crippen LogP contribution in [0.5, 0.6) is 5.75 Å². The van der Waals surface area contributed by atoms with Crippen molar-refractivity contribution in [1.82, 2.24) is 10.3 Å². The van der Waals surface area contributed by atoms with Crippen molar-refractivity contribution in [2.45, 2.75) is 13.2 Å². The second kappa shape index (κ2) is 7.04. The van der Waals surface area contributed by atoms with Crippen LogP contribution in [-0.2, 0) is 13.2 Å². The number of pyridine rings is 1. The number of aromatic nitrogens is 1. The van der Waals surface area contributed by atoms with Gasteiger partial charge in [-0.25, -0.2) is 4.98 Å². The van der Waals surface area contributed by atoms with E-state index in [0.29, 0.717) is 12.3 Å². The summed E-state index contributed by atoms with van der Waals surface area (Å²) >= 11 is 3.50. The van der Waals surface area contributed by atoms with Gasteiger partial charge < -0.3 is 10.1 Å². The van der Waals surface area contributed by atoms with Gasteiger partial charge in [0, 0.05) is 18.3 Å². The number of benzene rings is 1. The van der Waals surface area contributed by atoms with Crippen LogP contribution >= 0.6 is 15.9 Å². The zero-order valence-corrected chi connectivity index (χ0v) is 12.6. The third kappa shape index (κ3) is 3.56. The normalized spacial score (nSPS) is 10.1. The van der Waals surface area contributed by atoms with E-state index < -0.39 is 0 Å². The first-order valence-electron chi connectivity index (χ1n) is 6.14. The second-order valence-corrected chi connectivity index (χ2v) is 5.06. The number of ether oxygens (including phenoxy) is 1. The monoisotopic (exact) mass is 331 g/mol. The van der Waals surface area contributed by atoms with Crippen LogP contribution in [0.2, 0.25) is 0 Å². The molecule has 102 valence electrons. The molecule has 20 heavy (non-hydrogen) atoms. The van der Waals surface area contributed by atoms with Gasteiger partial charge in [-0.3, -0.25) is 0 Å². The van der Waals surface area contributed by atoms with Gasteiger partial charge in [0.05, 0.1) is 4.47 Å². The SMILES string of the molecule is CNCc1cccc(Br)c1OCc1ccnc(C#N)c1. The highest BCUT2D eigenvalue weighted by Gasteiger charge is 2.08. The summed E-state index contributed by atoms with van der Waals surface area (Å²) < 4.78 is 6.80. The van der Waals surface area contributed by atoms with Crippen LogP contribution in [0.15, 0.2) is 41.0 Å². The molecule has 0 amide bonds. The van der Waals surface area contributed by atoms with Crippen molar-refractivity contribution in [1.29, 1.82) is 5.26 Å². The van der Waals surface area contributed by atoms with Crippen molar-refractivity contribution in [3.63, 3.8) is 0 Å². The van der Waals surface area contributed by atoms with Crippen LogP contribution in [0, 0.1) is 11.3 Å². The van der Waals surface area contributed by atoms with Crippen LogP contribution in [0.4, 0.5) is 0 Å². The van der Waals surface area contributed by atoms with Gasteiger partial charge >= 0.3 is 0 Å². The van der Waals surface area contributed by atoms with Crippen molar-refractivity contribution >= 4 is 15.9 Å². The minimum Gasteiger partial charge on any atom is -0.487 e. The quantitative estimate of drug-likeness (QED) is 0.914. The van der Waals surface area contributed by atoms with Gasteiger partial charge in [-0.15, -0.1) is 0 Å². The Hall–Kier alpha value is -1.90. The molecule has 2 rings (SSSR count). The standard InChI is InChI=1S/C15H14BrN3O/c1-18-9-12-3-2-4-14(16)15(12)20-10-11-5-6-19-13(7-11)8-17/h2-7,18H,9-10H2,1H3. The van der Waals surface area contributed by atoms with Crippen molar-refractivity contribution < 1.29 is 4.74 Å². The third-order valence-electron chi connectivity index (χ3n) is 2.74. The molecule has 0 aliphatic rings. The molecule has 1 aromatic heterocycles. The maximum atomic E-state index is 8.84. The average molecular weight is 332 g/mol. The number of nitrogens with zero attached hydrogens (tertiary/aromatic N) is 2. The molecule has 0 saturated carbocycles. The molecule has 1 heterocycles. The molecule has 0 spiro atoms. The molecule has 1 aromatic carbocycles. The molecule has 4 nitrogen and oxygen atoms in total. The van der Waals surface area contributed by atoms with Gasteiger partial charge in [0.15, 0.2) is 0 Å². The van der Waals surface area contributed by atoms with Crippen molar-refractivity contribution in [3.8, 4) is 11.8 Å².